The summed E-state index contributed by atoms with van der Waals surface area (Å²) in [5.41, 5.74) is 1.10. The van der Waals surface area contributed by atoms with Gasteiger partial charge in [-0.3, -0.25) is 10.1 Å². The number of nitro groups is 1. The minimum absolute atomic E-state index is 0.283. The maximum Gasteiger partial charge on any atom is 0.310 e. The summed E-state index contributed by atoms with van der Waals surface area (Å²) in [7, 11) is 0. The molecule has 0 radical (unpaired) electrons. The summed E-state index contributed by atoms with van der Waals surface area (Å²) in [5.74, 6) is 0.347. The Kier molecular flexibility index (Phi) is 4.61. The molecule has 5 heteroatoms. The number of rotatable bonds is 5. The van der Waals surface area contributed by atoms with Gasteiger partial charge in [0, 0.05) is 23.9 Å². The molecule has 2 N–H and O–H groups in total. The van der Waals surface area contributed by atoms with Crippen LogP contribution in [0.3, 0.4) is 0 Å². The molecule has 1 aliphatic carbocycles. The monoisotopic (exact) mass is 276 g/mol. The number of hydrogen-bond acceptors (Lipinski definition) is 4. The topological polar surface area (TPSA) is 75.4 Å². The van der Waals surface area contributed by atoms with Gasteiger partial charge in [-0.05, 0) is 30.9 Å². The van der Waals surface area contributed by atoms with E-state index in [-0.39, 0.29) is 11.4 Å². The highest BCUT2D eigenvalue weighted by molar-refractivity contribution is 5.65. The van der Waals surface area contributed by atoms with E-state index in [1.54, 1.807) is 6.07 Å². The molecule has 1 saturated carbocycles. The van der Waals surface area contributed by atoms with Gasteiger partial charge in [0.05, 0.1) is 4.92 Å². The average molecular weight is 276 g/mol. The molecule has 2 rings (SSSR count). The van der Waals surface area contributed by atoms with Crippen molar-refractivity contribution in [3.63, 3.8) is 0 Å². The molecule has 0 atom stereocenters. The third kappa shape index (κ3) is 3.50. The first-order valence-electron chi connectivity index (χ1n) is 6.98. The second-order valence-corrected chi connectivity index (χ2v) is 5.32. The van der Waals surface area contributed by atoms with Gasteiger partial charge < -0.3 is 10.4 Å². The molecule has 0 saturated heterocycles. The quantitative estimate of drug-likeness (QED) is 0.638. The van der Waals surface area contributed by atoms with Crippen LogP contribution in [-0.2, 0) is 0 Å². The van der Waals surface area contributed by atoms with Gasteiger partial charge in [0.2, 0.25) is 0 Å². The van der Waals surface area contributed by atoms with Crippen molar-refractivity contribution in [1.82, 2.24) is 5.32 Å². The molecule has 108 valence electrons. The van der Waals surface area contributed by atoms with E-state index >= 15 is 0 Å². The van der Waals surface area contributed by atoms with Crippen molar-refractivity contribution in [1.29, 1.82) is 0 Å². The first-order chi connectivity index (χ1) is 9.58. The number of nitrogens with zero attached hydrogens (tertiary/aromatic N) is 1. The maximum atomic E-state index is 10.6. The highest BCUT2D eigenvalue weighted by Gasteiger charge is 2.16. The van der Waals surface area contributed by atoms with Crippen molar-refractivity contribution in [2.45, 2.75) is 32.1 Å². The summed E-state index contributed by atoms with van der Waals surface area (Å²) in [5, 5.41) is 23.5. The van der Waals surface area contributed by atoms with E-state index in [9.17, 15) is 15.2 Å². The summed E-state index contributed by atoms with van der Waals surface area (Å²) in [6, 6.07) is 4.29. The molecule has 0 amide bonds. The van der Waals surface area contributed by atoms with E-state index in [4.69, 9.17) is 0 Å². The molecular formula is C15H20N2O3. The van der Waals surface area contributed by atoms with Crippen molar-refractivity contribution in [3.8, 4) is 5.75 Å². The Morgan fingerprint density at radius 3 is 2.70 bits per heavy atom. The van der Waals surface area contributed by atoms with Crippen LogP contribution in [0.5, 0.6) is 5.75 Å². The van der Waals surface area contributed by atoms with Gasteiger partial charge in [0.15, 0.2) is 5.75 Å². The number of nitrogens with one attached hydrogen (secondary N) is 1. The van der Waals surface area contributed by atoms with E-state index in [1.807, 2.05) is 0 Å². The van der Waals surface area contributed by atoms with Crippen molar-refractivity contribution in [2.24, 2.45) is 5.92 Å². The van der Waals surface area contributed by atoms with Gasteiger partial charge in [0.1, 0.15) is 0 Å². The lowest BCUT2D eigenvalue weighted by Crippen LogP contribution is -2.23. The van der Waals surface area contributed by atoms with E-state index in [0.29, 0.717) is 17.2 Å². The fraction of sp³-hybridized carbons (Fsp3) is 0.467. The molecule has 5 nitrogen and oxygen atoms in total. The van der Waals surface area contributed by atoms with Gasteiger partial charge >= 0.3 is 5.69 Å². The van der Waals surface area contributed by atoms with Crippen LogP contribution >= 0.6 is 0 Å². The van der Waals surface area contributed by atoms with Crippen LogP contribution < -0.4 is 5.32 Å². The van der Waals surface area contributed by atoms with Gasteiger partial charge in [-0.25, -0.2) is 0 Å². The molecule has 0 spiro atoms. The predicted molar refractivity (Wildman–Crippen MR) is 78.4 cm³/mol. The lowest BCUT2D eigenvalue weighted by atomic mass is 9.89. The minimum atomic E-state index is -0.600. The Labute approximate surface area is 118 Å². The lowest BCUT2D eigenvalue weighted by molar-refractivity contribution is -0.385. The molecule has 1 aromatic carbocycles. The fourth-order valence-corrected chi connectivity index (χ4v) is 2.63. The zero-order valence-electron chi connectivity index (χ0n) is 11.5. The molecule has 1 fully saturated rings. The number of aromatic hydroxyl groups is 1. The van der Waals surface area contributed by atoms with E-state index < -0.39 is 4.92 Å². The van der Waals surface area contributed by atoms with Gasteiger partial charge in [-0.2, -0.15) is 0 Å². The summed E-state index contributed by atoms with van der Waals surface area (Å²) in [6.45, 7) is 4.80. The van der Waals surface area contributed by atoms with Gasteiger partial charge in [-0.1, -0.05) is 25.8 Å². The van der Waals surface area contributed by atoms with E-state index in [0.717, 1.165) is 6.54 Å². The average Bonchev–Trinajstić information content (AvgIpc) is 2.45. The maximum absolute atomic E-state index is 10.6. The molecular weight excluding hydrogens is 256 g/mol. The molecule has 0 unspecified atom stereocenters. The van der Waals surface area contributed by atoms with Crippen molar-refractivity contribution in [3.05, 3.63) is 40.5 Å². The minimum Gasteiger partial charge on any atom is -0.502 e. The van der Waals surface area contributed by atoms with Crippen LogP contribution in [0.15, 0.2) is 24.8 Å². The van der Waals surface area contributed by atoms with Gasteiger partial charge in [0.25, 0.3) is 0 Å². The number of hydrogen-bond donors (Lipinski definition) is 2. The number of phenolic OH excluding ortho intramolecular Hbond substituents is 1. The van der Waals surface area contributed by atoms with Crippen LogP contribution in [0.25, 0.3) is 5.70 Å². The van der Waals surface area contributed by atoms with Crippen LogP contribution in [0.2, 0.25) is 0 Å². The summed E-state index contributed by atoms with van der Waals surface area (Å²) in [6.07, 6.45) is 6.39. The van der Waals surface area contributed by atoms with Crippen LogP contribution in [0, 0.1) is 16.0 Å². The second-order valence-electron chi connectivity index (χ2n) is 5.32. The molecule has 1 aliphatic rings. The Morgan fingerprint density at radius 1 is 1.40 bits per heavy atom. The summed E-state index contributed by atoms with van der Waals surface area (Å²) >= 11 is 0. The highest BCUT2D eigenvalue weighted by atomic mass is 16.6. The normalized spacial score (nSPS) is 15.8. The van der Waals surface area contributed by atoms with Crippen molar-refractivity contribution >= 4 is 11.4 Å². The SMILES string of the molecule is C=C(NCC1CCCCC1)c1ccc([N+](=O)[O-])c(O)c1. The van der Waals surface area contributed by atoms with Crippen LogP contribution in [0.1, 0.15) is 37.7 Å². The molecule has 1 aromatic rings. The van der Waals surface area contributed by atoms with E-state index in [2.05, 4.69) is 11.9 Å². The Balaban J connectivity index is 1.95. The number of phenols is 1. The second kappa shape index (κ2) is 6.41. The highest BCUT2D eigenvalue weighted by Crippen LogP contribution is 2.28. The molecule has 0 bridgehead atoms. The number of benzene rings is 1. The van der Waals surface area contributed by atoms with Crippen molar-refractivity contribution < 1.29 is 10.0 Å². The third-order valence-corrected chi connectivity index (χ3v) is 3.85. The van der Waals surface area contributed by atoms with E-state index in [1.165, 1.54) is 44.2 Å². The van der Waals surface area contributed by atoms with Crippen molar-refractivity contribution in [2.75, 3.05) is 6.54 Å². The molecule has 20 heavy (non-hydrogen) atoms. The molecule has 0 aliphatic heterocycles. The first kappa shape index (κ1) is 14.4. The third-order valence-electron chi connectivity index (χ3n) is 3.85. The summed E-state index contributed by atoms with van der Waals surface area (Å²) < 4.78 is 0. The Bertz CT molecular complexity index is 508. The Morgan fingerprint density at radius 2 is 2.10 bits per heavy atom. The van der Waals surface area contributed by atoms with Crippen LogP contribution in [0.4, 0.5) is 5.69 Å². The Hall–Kier alpha value is -2.04. The molecule has 0 heterocycles. The smallest absolute Gasteiger partial charge is 0.310 e. The predicted octanol–water partition coefficient (Wildman–Crippen LogP) is 3.44. The fourth-order valence-electron chi connectivity index (χ4n) is 2.63. The largest absolute Gasteiger partial charge is 0.502 e. The zero-order valence-corrected chi connectivity index (χ0v) is 11.5. The lowest BCUT2D eigenvalue weighted by Gasteiger charge is -2.23. The standard InChI is InChI=1S/C15H20N2O3/c1-11(16-10-12-5-3-2-4-6-12)13-7-8-14(17(19)20)15(18)9-13/h7-9,12,16,18H,1-6,10H2. The molecule has 0 aromatic heterocycles. The number of nitro benzene ring substituents is 1. The zero-order chi connectivity index (χ0) is 14.5. The van der Waals surface area contributed by atoms with Gasteiger partial charge in [-0.15, -0.1) is 0 Å². The summed E-state index contributed by atoms with van der Waals surface area (Å²) in [4.78, 5) is 10.0. The first-order valence-corrected chi connectivity index (χ1v) is 6.98. The van der Waals surface area contributed by atoms with Crippen LogP contribution in [-0.4, -0.2) is 16.6 Å².